The van der Waals surface area contributed by atoms with Gasteiger partial charge in [0, 0.05) is 17.8 Å². The Morgan fingerprint density at radius 3 is 2.27 bits per heavy atom. The molecule has 1 unspecified atom stereocenters. The molecule has 1 aromatic heterocycles. The molecule has 4 nitrogen and oxygen atoms in total. The van der Waals surface area contributed by atoms with E-state index < -0.39 is 10.1 Å². The van der Waals surface area contributed by atoms with Crippen molar-refractivity contribution in [3.05, 3.63) is 24.0 Å². The van der Waals surface area contributed by atoms with Crippen LogP contribution in [-0.2, 0) is 10.1 Å². The molecule has 122 valence electrons. The fourth-order valence-corrected chi connectivity index (χ4v) is 6.58. The highest BCUT2D eigenvalue weighted by Crippen LogP contribution is 2.60. The van der Waals surface area contributed by atoms with Crippen LogP contribution in [-0.4, -0.2) is 23.7 Å². The van der Waals surface area contributed by atoms with E-state index in [9.17, 15) is 13.0 Å². The van der Waals surface area contributed by atoms with Gasteiger partial charge in [-0.05, 0) is 80.2 Å². The number of H-pyrrole nitrogens is 1. The lowest BCUT2D eigenvalue weighted by atomic mass is 9.49. The monoisotopic (exact) mass is 323 g/mol. The van der Waals surface area contributed by atoms with Crippen molar-refractivity contribution in [3.63, 3.8) is 0 Å². The minimum atomic E-state index is -3.89. The minimum Gasteiger partial charge on any atom is -0.365 e. The van der Waals surface area contributed by atoms with E-state index in [1.165, 1.54) is 32.1 Å². The summed E-state index contributed by atoms with van der Waals surface area (Å²) in [6, 6.07) is 4.07. The summed E-state index contributed by atoms with van der Waals surface area (Å²) in [5, 5.41) is 0. The largest absolute Gasteiger partial charge is 0.365 e. The molecule has 0 aliphatic heterocycles. The molecule has 4 saturated carbocycles. The maximum absolute atomic E-state index is 11.2. The summed E-state index contributed by atoms with van der Waals surface area (Å²) < 4.78 is 31.7. The highest BCUT2D eigenvalue weighted by atomic mass is 32.2. The summed E-state index contributed by atoms with van der Waals surface area (Å²) in [5.41, 5.74) is 1.15. The van der Waals surface area contributed by atoms with Crippen LogP contribution < -0.4 is 0 Å². The Balaban J connectivity index is 1.60. The van der Waals surface area contributed by atoms with Crippen molar-refractivity contribution in [3.8, 4) is 0 Å². The molecule has 0 saturated heterocycles. The zero-order valence-electron chi connectivity index (χ0n) is 12.8. The van der Waals surface area contributed by atoms with E-state index >= 15 is 0 Å². The maximum Gasteiger partial charge on any atom is 0.264 e. The Hall–Kier alpha value is -0.810. The van der Waals surface area contributed by atoms with Gasteiger partial charge < -0.3 is 4.98 Å². The molecular formula is C17H25NO3S. The smallest absolute Gasteiger partial charge is 0.264 e. The van der Waals surface area contributed by atoms with E-state index in [2.05, 4.69) is 11.1 Å². The maximum atomic E-state index is 11.2. The normalized spacial score (nSPS) is 38.3. The van der Waals surface area contributed by atoms with E-state index in [1.807, 2.05) is 12.3 Å². The summed E-state index contributed by atoms with van der Waals surface area (Å²) in [5.74, 6) is 4.06. The molecule has 22 heavy (non-hydrogen) atoms. The van der Waals surface area contributed by atoms with E-state index in [-0.39, 0.29) is 11.7 Å². The van der Waals surface area contributed by atoms with Crippen molar-refractivity contribution in [2.24, 2.45) is 29.6 Å². The molecule has 1 aromatic rings. The van der Waals surface area contributed by atoms with Crippen molar-refractivity contribution in [1.82, 2.24) is 4.98 Å². The van der Waals surface area contributed by atoms with E-state index in [1.54, 1.807) is 0 Å². The van der Waals surface area contributed by atoms with Crippen LogP contribution in [0.25, 0.3) is 0 Å². The molecule has 4 bridgehead atoms. The van der Waals surface area contributed by atoms with Gasteiger partial charge in [-0.25, -0.2) is 0 Å². The zero-order chi connectivity index (χ0) is 15.3. The van der Waals surface area contributed by atoms with Crippen LogP contribution in [0.5, 0.6) is 0 Å². The lowest BCUT2D eigenvalue weighted by Gasteiger charge is -2.56. The third-order valence-electron chi connectivity index (χ3n) is 6.47. The fourth-order valence-electron chi connectivity index (χ4n) is 6.03. The lowest BCUT2D eigenvalue weighted by molar-refractivity contribution is -0.0488. The van der Waals surface area contributed by atoms with Crippen LogP contribution in [0, 0.1) is 29.6 Å². The molecule has 1 atom stereocenters. The van der Waals surface area contributed by atoms with E-state index in [4.69, 9.17) is 0 Å². The van der Waals surface area contributed by atoms with Crippen LogP contribution in [0.3, 0.4) is 0 Å². The molecule has 5 rings (SSSR count). The Morgan fingerprint density at radius 1 is 1.14 bits per heavy atom. The first-order valence-electron chi connectivity index (χ1n) is 8.58. The molecule has 0 aromatic carbocycles. The summed E-state index contributed by atoms with van der Waals surface area (Å²) in [6.07, 6.45) is 9.22. The molecule has 5 heteroatoms. The van der Waals surface area contributed by atoms with Crippen LogP contribution in [0.1, 0.15) is 50.1 Å². The van der Waals surface area contributed by atoms with Gasteiger partial charge in [-0.1, -0.05) is 0 Å². The number of nitrogens with one attached hydrogen (secondary N) is 1. The van der Waals surface area contributed by atoms with Crippen molar-refractivity contribution < 1.29 is 13.0 Å². The predicted octanol–water partition coefficient (Wildman–Crippen LogP) is 3.45. The molecule has 0 radical (unpaired) electrons. The standard InChI is InChI=1S/C17H25NO3S/c19-22(20,21)5-3-15(16-2-1-4-18-16)17-13-7-11-6-12(9-13)10-14(17)8-11/h1-2,4,11-15,17-18H,3,5-10H2,(H,19,20,21). The van der Waals surface area contributed by atoms with Crippen LogP contribution in [0.15, 0.2) is 18.3 Å². The third-order valence-corrected chi connectivity index (χ3v) is 7.22. The first-order chi connectivity index (χ1) is 10.5. The molecule has 0 spiro atoms. The Kier molecular flexibility index (Phi) is 3.61. The predicted molar refractivity (Wildman–Crippen MR) is 85.1 cm³/mol. The quantitative estimate of drug-likeness (QED) is 0.815. The van der Waals surface area contributed by atoms with Gasteiger partial charge in [0.25, 0.3) is 10.1 Å². The van der Waals surface area contributed by atoms with Crippen LogP contribution >= 0.6 is 0 Å². The molecule has 2 N–H and O–H groups in total. The van der Waals surface area contributed by atoms with Gasteiger partial charge in [-0.15, -0.1) is 0 Å². The van der Waals surface area contributed by atoms with Gasteiger partial charge in [0.2, 0.25) is 0 Å². The molecule has 1 heterocycles. The summed E-state index contributed by atoms with van der Waals surface area (Å²) in [6.45, 7) is 0. The van der Waals surface area contributed by atoms with Gasteiger partial charge in [0.15, 0.2) is 0 Å². The van der Waals surface area contributed by atoms with Crippen molar-refractivity contribution in [2.45, 2.75) is 44.4 Å². The molecule has 4 aliphatic carbocycles. The summed E-state index contributed by atoms with van der Waals surface area (Å²) >= 11 is 0. The Morgan fingerprint density at radius 2 is 1.77 bits per heavy atom. The van der Waals surface area contributed by atoms with Gasteiger partial charge in [-0.3, -0.25) is 4.55 Å². The SMILES string of the molecule is O=S(=O)(O)CCC(c1ccc[nH]1)C1C2CC3CC(C2)CC1C3. The zero-order valence-corrected chi connectivity index (χ0v) is 13.6. The van der Waals surface area contributed by atoms with Gasteiger partial charge in [0.1, 0.15) is 0 Å². The van der Waals surface area contributed by atoms with E-state index in [0.29, 0.717) is 12.3 Å². The minimum absolute atomic E-state index is 0.126. The second-order valence-corrected chi connectivity index (χ2v) is 9.39. The second kappa shape index (κ2) is 5.38. The highest BCUT2D eigenvalue weighted by molar-refractivity contribution is 7.85. The van der Waals surface area contributed by atoms with Gasteiger partial charge in [0.05, 0.1) is 5.75 Å². The molecular weight excluding hydrogens is 298 g/mol. The third kappa shape index (κ3) is 2.73. The average molecular weight is 323 g/mol. The first-order valence-corrected chi connectivity index (χ1v) is 10.2. The summed E-state index contributed by atoms with van der Waals surface area (Å²) in [7, 11) is -3.89. The van der Waals surface area contributed by atoms with Gasteiger partial charge >= 0.3 is 0 Å². The number of hydrogen-bond donors (Lipinski definition) is 2. The number of hydrogen-bond acceptors (Lipinski definition) is 2. The van der Waals surface area contributed by atoms with Crippen LogP contribution in [0.4, 0.5) is 0 Å². The topological polar surface area (TPSA) is 70.2 Å². The average Bonchev–Trinajstić information content (AvgIpc) is 2.93. The van der Waals surface area contributed by atoms with E-state index in [0.717, 1.165) is 29.4 Å². The number of aromatic nitrogens is 1. The second-order valence-electron chi connectivity index (χ2n) is 7.81. The first kappa shape index (κ1) is 14.8. The van der Waals surface area contributed by atoms with Crippen molar-refractivity contribution >= 4 is 10.1 Å². The van der Waals surface area contributed by atoms with Crippen molar-refractivity contribution in [2.75, 3.05) is 5.75 Å². The number of rotatable bonds is 5. The molecule has 4 aliphatic rings. The Bertz CT molecular complexity index is 594. The van der Waals surface area contributed by atoms with Crippen LogP contribution in [0.2, 0.25) is 0 Å². The highest BCUT2D eigenvalue weighted by Gasteiger charge is 2.50. The molecule has 0 amide bonds. The number of aromatic amines is 1. The fraction of sp³-hybridized carbons (Fsp3) is 0.765. The lowest BCUT2D eigenvalue weighted by Crippen LogP contribution is -2.47. The Labute approximate surface area is 132 Å². The van der Waals surface area contributed by atoms with Gasteiger partial charge in [-0.2, -0.15) is 8.42 Å². The van der Waals surface area contributed by atoms with Crippen molar-refractivity contribution in [1.29, 1.82) is 0 Å². The summed E-state index contributed by atoms with van der Waals surface area (Å²) in [4.78, 5) is 3.31. The molecule has 4 fully saturated rings.